The molecule has 1 N–H and O–H groups in total. The molecule has 146 valence electrons. The Labute approximate surface area is 156 Å². The first-order valence-electron chi connectivity index (χ1n) is 10.5. The predicted octanol–water partition coefficient (Wildman–Crippen LogP) is 6.58. The highest BCUT2D eigenvalue weighted by atomic mass is 16.6. The molecule has 2 nitrogen and oxygen atoms in total. The molecule has 3 unspecified atom stereocenters. The van der Waals surface area contributed by atoms with Crippen LogP contribution in [0.5, 0.6) is 0 Å². The number of unbranched alkanes of at least 4 members (excludes halogenated alkanes) is 6. The average Bonchev–Trinajstić information content (AvgIpc) is 3.30. The summed E-state index contributed by atoms with van der Waals surface area (Å²) in [5, 5.41) is 10.6. The number of hydrogen-bond acceptors (Lipinski definition) is 2. The summed E-state index contributed by atoms with van der Waals surface area (Å²) in [6, 6.07) is 0. The van der Waals surface area contributed by atoms with Gasteiger partial charge in [-0.25, -0.2) is 0 Å². The summed E-state index contributed by atoms with van der Waals surface area (Å²) in [5.41, 5.74) is -0.505. The molecule has 0 aliphatic carbocycles. The van der Waals surface area contributed by atoms with Crippen LogP contribution >= 0.6 is 0 Å². The monoisotopic (exact) mass is 350 g/mol. The fraction of sp³-hybridized carbons (Fsp3) is 0.826. The van der Waals surface area contributed by atoms with Crippen molar-refractivity contribution in [1.82, 2.24) is 0 Å². The lowest BCUT2D eigenvalue weighted by Gasteiger charge is -2.18. The molecule has 0 saturated carbocycles. The minimum absolute atomic E-state index is 0.0294. The molecular formula is C23H42O2. The second-order valence-corrected chi connectivity index (χ2v) is 9.09. The smallest absolute Gasteiger partial charge is 0.116 e. The number of aliphatic hydroxyl groups is 1. The number of hydrogen-bond donors (Lipinski definition) is 1. The summed E-state index contributed by atoms with van der Waals surface area (Å²) in [7, 11) is 0. The van der Waals surface area contributed by atoms with Crippen molar-refractivity contribution in [1.29, 1.82) is 0 Å². The van der Waals surface area contributed by atoms with Gasteiger partial charge in [-0.2, -0.15) is 0 Å². The molecule has 0 amide bonds. The van der Waals surface area contributed by atoms with Crippen molar-refractivity contribution in [3.63, 3.8) is 0 Å². The van der Waals surface area contributed by atoms with E-state index >= 15 is 0 Å². The van der Waals surface area contributed by atoms with E-state index in [0.29, 0.717) is 5.41 Å². The van der Waals surface area contributed by atoms with Crippen LogP contribution in [-0.4, -0.2) is 22.9 Å². The van der Waals surface area contributed by atoms with Gasteiger partial charge in [0.05, 0.1) is 6.10 Å². The van der Waals surface area contributed by atoms with Crippen molar-refractivity contribution in [2.45, 2.75) is 117 Å². The molecule has 0 bridgehead atoms. The van der Waals surface area contributed by atoms with Crippen LogP contribution in [0.3, 0.4) is 0 Å². The maximum Gasteiger partial charge on any atom is 0.116 e. The Morgan fingerprint density at radius 3 is 2.28 bits per heavy atom. The minimum Gasteiger partial charge on any atom is -0.383 e. The molecule has 1 aliphatic rings. The molecule has 0 radical (unpaired) electrons. The summed E-state index contributed by atoms with van der Waals surface area (Å²) >= 11 is 0. The number of epoxide rings is 1. The zero-order chi connectivity index (χ0) is 18.8. The van der Waals surface area contributed by atoms with Gasteiger partial charge in [0.15, 0.2) is 0 Å². The van der Waals surface area contributed by atoms with E-state index in [-0.39, 0.29) is 12.2 Å². The molecule has 1 heterocycles. The minimum atomic E-state index is -0.838. The zero-order valence-corrected chi connectivity index (χ0v) is 17.4. The lowest BCUT2D eigenvalue weighted by molar-refractivity contribution is 0.0765. The van der Waals surface area contributed by atoms with Crippen LogP contribution in [0.25, 0.3) is 0 Å². The maximum atomic E-state index is 10.6. The average molecular weight is 351 g/mol. The van der Waals surface area contributed by atoms with E-state index in [2.05, 4.69) is 45.9 Å². The van der Waals surface area contributed by atoms with Crippen molar-refractivity contribution in [3.05, 3.63) is 24.3 Å². The summed E-state index contributed by atoms with van der Waals surface area (Å²) in [4.78, 5) is 0. The van der Waals surface area contributed by atoms with E-state index in [1.807, 2.05) is 13.0 Å². The summed E-state index contributed by atoms with van der Waals surface area (Å²) in [5.74, 6) is 0. The van der Waals surface area contributed by atoms with Gasteiger partial charge in [-0.1, -0.05) is 84.1 Å². The van der Waals surface area contributed by atoms with Gasteiger partial charge in [0.1, 0.15) is 11.7 Å². The topological polar surface area (TPSA) is 32.8 Å². The maximum absolute atomic E-state index is 10.6. The molecule has 3 atom stereocenters. The highest BCUT2D eigenvalue weighted by Crippen LogP contribution is 2.38. The van der Waals surface area contributed by atoms with Gasteiger partial charge in [0.25, 0.3) is 0 Å². The highest BCUT2D eigenvalue weighted by Gasteiger charge is 2.49. The quantitative estimate of drug-likeness (QED) is 0.231. The molecule has 0 aromatic rings. The molecule has 0 spiro atoms. The van der Waals surface area contributed by atoms with Crippen LogP contribution in [0.15, 0.2) is 24.3 Å². The Bertz CT molecular complexity index is 401. The largest absolute Gasteiger partial charge is 0.383 e. The van der Waals surface area contributed by atoms with Crippen LogP contribution in [-0.2, 0) is 4.74 Å². The van der Waals surface area contributed by atoms with Crippen molar-refractivity contribution in [2.24, 2.45) is 5.41 Å². The Morgan fingerprint density at radius 2 is 1.60 bits per heavy atom. The first-order chi connectivity index (χ1) is 11.8. The fourth-order valence-corrected chi connectivity index (χ4v) is 3.19. The summed E-state index contributed by atoms with van der Waals surface area (Å²) in [6.45, 7) is 10.9. The number of rotatable bonds is 13. The van der Waals surface area contributed by atoms with E-state index < -0.39 is 5.60 Å². The summed E-state index contributed by atoms with van der Waals surface area (Å²) < 4.78 is 5.71. The third kappa shape index (κ3) is 10.9. The van der Waals surface area contributed by atoms with Crippen molar-refractivity contribution in [3.8, 4) is 0 Å². The van der Waals surface area contributed by atoms with Gasteiger partial charge in [0.2, 0.25) is 0 Å². The van der Waals surface area contributed by atoms with Gasteiger partial charge in [-0.15, -0.1) is 0 Å². The van der Waals surface area contributed by atoms with Crippen molar-refractivity contribution in [2.75, 3.05) is 0 Å². The predicted molar refractivity (Wildman–Crippen MR) is 109 cm³/mol. The Kier molecular flexibility index (Phi) is 10.0. The molecule has 0 aromatic carbocycles. The molecule has 2 heteroatoms. The van der Waals surface area contributed by atoms with Gasteiger partial charge < -0.3 is 9.84 Å². The van der Waals surface area contributed by atoms with Crippen LogP contribution in [0.4, 0.5) is 0 Å². The molecule has 1 fully saturated rings. The Morgan fingerprint density at radius 1 is 0.920 bits per heavy atom. The van der Waals surface area contributed by atoms with Crippen molar-refractivity contribution < 1.29 is 9.84 Å². The molecule has 0 aromatic heterocycles. The molecule has 1 rings (SSSR count). The number of ether oxygens (including phenoxy) is 1. The summed E-state index contributed by atoms with van der Waals surface area (Å²) in [6.07, 6.45) is 21.0. The molecule has 1 saturated heterocycles. The van der Waals surface area contributed by atoms with Gasteiger partial charge in [-0.05, 0) is 44.4 Å². The highest BCUT2D eigenvalue weighted by molar-refractivity contribution is 5.11. The van der Waals surface area contributed by atoms with Gasteiger partial charge >= 0.3 is 0 Å². The van der Waals surface area contributed by atoms with Crippen LogP contribution in [0.2, 0.25) is 0 Å². The van der Waals surface area contributed by atoms with Crippen molar-refractivity contribution >= 4 is 0 Å². The van der Waals surface area contributed by atoms with Crippen LogP contribution in [0, 0.1) is 5.41 Å². The molecule has 25 heavy (non-hydrogen) atoms. The van der Waals surface area contributed by atoms with E-state index in [9.17, 15) is 5.11 Å². The molecule has 1 aliphatic heterocycles. The Hall–Kier alpha value is -0.600. The van der Waals surface area contributed by atoms with E-state index in [0.717, 1.165) is 19.3 Å². The Balaban J connectivity index is 2.11. The standard InChI is InChI=1S/C23H42O2/c1-6-7-8-9-10-11-12-13-14-15-16-18-23(5,24)21-20(25-21)17-19-22(2,3)4/h13-14,16,18,20-21,24H,6-12,15,17,19H2,1-5H3/b14-13-,18-16-. The van der Waals surface area contributed by atoms with E-state index in [4.69, 9.17) is 4.74 Å². The zero-order valence-electron chi connectivity index (χ0n) is 17.4. The van der Waals surface area contributed by atoms with Gasteiger partial charge in [-0.3, -0.25) is 0 Å². The van der Waals surface area contributed by atoms with Gasteiger partial charge in [0, 0.05) is 0 Å². The normalized spacial score (nSPS) is 23.4. The molecular weight excluding hydrogens is 308 g/mol. The lowest BCUT2D eigenvalue weighted by atomic mass is 9.88. The lowest BCUT2D eigenvalue weighted by Crippen LogP contribution is -2.30. The van der Waals surface area contributed by atoms with Crippen LogP contribution < -0.4 is 0 Å². The first-order valence-corrected chi connectivity index (χ1v) is 10.5. The number of allylic oxidation sites excluding steroid dienone is 3. The second kappa shape index (κ2) is 11.2. The van der Waals surface area contributed by atoms with E-state index in [1.54, 1.807) is 0 Å². The third-order valence-corrected chi connectivity index (χ3v) is 4.96. The van der Waals surface area contributed by atoms with Crippen LogP contribution in [0.1, 0.15) is 98.8 Å². The van der Waals surface area contributed by atoms with E-state index in [1.165, 1.54) is 44.9 Å². The third-order valence-electron chi connectivity index (χ3n) is 4.96. The fourth-order valence-electron chi connectivity index (χ4n) is 3.19. The second-order valence-electron chi connectivity index (χ2n) is 9.09. The first kappa shape index (κ1) is 22.4. The SMILES string of the molecule is CCCCCCCC/C=C\C/C=C\C(C)(O)C1OC1CCC(C)(C)C.